The van der Waals surface area contributed by atoms with E-state index in [9.17, 15) is 18.0 Å². The number of nitrogens with one attached hydrogen (secondary N) is 1. The molecular weight excluding hydrogens is 353 g/mol. The second-order valence-electron chi connectivity index (χ2n) is 6.16. The number of benzene rings is 1. The average molecular weight is 369 g/mol. The minimum atomic E-state index is -4.67. The molecule has 0 radical (unpaired) electrons. The summed E-state index contributed by atoms with van der Waals surface area (Å²) in [5.41, 5.74) is 0.455. The monoisotopic (exact) mass is 368 g/mol. The van der Waals surface area contributed by atoms with Crippen LogP contribution in [-0.2, 0) is 6.18 Å². The van der Waals surface area contributed by atoms with E-state index in [1.165, 1.54) is 6.07 Å². The Kier molecular flexibility index (Phi) is 4.73. The van der Waals surface area contributed by atoms with E-state index in [2.05, 4.69) is 10.3 Å². The van der Waals surface area contributed by atoms with Gasteiger partial charge in [0, 0.05) is 23.2 Å². The highest BCUT2D eigenvalue weighted by molar-refractivity contribution is 6.30. The van der Waals surface area contributed by atoms with E-state index in [1.807, 2.05) is 19.1 Å². The van der Waals surface area contributed by atoms with Gasteiger partial charge in [-0.1, -0.05) is 17.7 Å². The quantitative estimate of drug-likeness (QED) is 0.850. The lowest BCUT2D eigenvalue weighted by Crippen LogP contribution is -2.46. The number of alkyl halides is 3. The topological polar surface area (TPSA) is 42.0 Å². The number of nitrogens with zero attached hydrogens (tertiary/aromatic N) is 1. The number of pyridine rings is 1. The first-order valence-electron chi connectivity index (χ1n) is 7.86. The molecule has 1 aliphatic rings. The third kappa shape index (κ3) is 3.63. The number of hydrogen-bond acceptors (Lipinski definition) is 2. The molecule has 1 heterocycles. The van der Waals surface area contributed by atoms with Gasteiger partial charge in [-0.15, -0.1) is 0 Å². The van der Waals surface area contributed by atoms with Crippen molar-refractivity contribution in [3.8, 4) is 0 Å². The van der Waals surface area contributed by atoms with E-state index in [0.717, 1.165) is 36.2 Å². The summed E-state index contributed by atoms with van der Waals surface area (Å²) in [6, 6.07) is 7.80. The molecule has 25 heavy (non-hydrogen) atoms. The molecule has 3 nitrogen and oxygen atoms in total. The first-order chi connectivity index (χ1) is 11.8. The van der Waals surface area contributed by atoms with Gasteiger partial charge in [0.1, 0.15) is 0 Å². The molecule has 0 aliphatic heterocycles. The van der Waals surface area contributed by atoms with Gasteiger partial charge in [0.2, 0.25) is 0 Å². The molecule has 1 aromatic carbocycles. The van der Waals surface area contributed by atoms with Crippen molar-refractivity contribution in [1.29, 1.82) is 0 Å². The van der Waals surface area contributed by atoms with Crippen LogP contribution in [0.5, 0.6) is 0 Å². The minimum absolute atomic E-state index is 0.0761. The van der Waals surface area contributed by atoms with Crippen LogP contribution in [0.3, 0.4) is 0 Å². The van der Waals surface area contributed by atoms with Crippen molar-refractivity contribution >= 4 is 17.5 Å². The van der Waals surface area contributed by atoms with Crippen molar-refractivity contribution in [2.24, 2.45) is 0 Å². The van der Waals surface area contributed by atoms with E-state index < -0.39 is 23.3 Å². The molecule has 2 atom stereocenters. The summed E-state index contributed by atoms with van der Waals surface area (Å²) in [7, 11) is 0. The number of hydrogen-bond donors (Lipinski definition) is 1. The highest BCUT2D eigenvalue weighted by atomic mass is 35.5. The molecule has 1 saturated carbocycles. The molecule has 1 aromatic heterocycles. The average Bonchev–Trinajstić information content (AvgIpc) is 2.53. The zero-order valence-electron chi connectivity index (χ0n) is 13.4. The SMILES string of the molecule is Cc1cc(Cl)ccc1[C@H]1CC[C@H]1NC(=O)c1cccnc1C(F)(F)F. The second kappa shape index (κ2) is 6.67. The predicted octanol–water partition coefficient (Wildman–Crippen LogP) is 4.74. The molecule has 3 rings (SSSR count). The Morgan fingerprint density at radius 2 is 2.04 bits per heavy atom. The highest BCUT2D eigenvalue weighted by Crippen LogP contribution is 2.39. The van der Waals surface area contributed by atoms with Crippen LogP contribution in [-0.4, -0.2) is 16.9 Å². The molecule has 2 aromatic rings. The summed E-state index contributed by atoms with van der Waals surface area (Å²) < 4.78 is 39.1. The Morgan fingerprint density at radius 3 is 2.64 bits per heavy atom. The van der Waals surface area contributed by atoms with E-state index in [0.29, 0.717) is 5.02 Å². The lowest BCUT2D eigenvalue weighted by atomic mass is 9.73. The number of halogens is 4. The minimum Gasteiger partial charge on any atom is -0.349 e. The van der Waals surface area contributed by atoms with Crippen LogP contribution in [0.15, 0.2) is 36.5 Å². The fraction of sp³-hybridized carbons (Fsp3) is 0.333. The van der Waals surface area contributed by atoms with Crippen LogP contribution >= 0.6 is 11.6 Å². The molecule has 0 spiro atoms. The molecule has 132 valence electrons. The molecule has 7 heteroatoms. The van der Waals surface area contributed by atoms with Crippen molar-refractivity contribution < 1.29 is 18.0 Å². The van der Waals surface area contributed by atoms with Gasteiger partial charge in [0.15, 0.2) is 5.69 Å². The zero-order valence-corrected chi connectivity index (χ0v) is 14.2. The van der Waals surface area contributed by atoms with Crippen LogP contribution in [0, 0.1) is 6.92 Å². The van der Waals surface area contributed by atoms with Gasteiger partial charge in [-0.2, -0.15) is 13.2 Å². The summed E-state index contributed by atoms with van der Waals surface area (Å²) in [5, 5.41) is 3.35. The Balaban J connectivity index is 1.78. The highest BCUT2D eigenvalue weighted by Gasteiger charge is 2.39. The van der Waals surface area contributed by atoms with Crippen molar-refractivity contribution in [1.82, 2.24) is 10.3 Å². The smallest absolute Gasteiger partial charge is 0.349 e. The fourth-order valence-electron chi connectivity index (χ4n) is 3.16. The number of rotatable bonds is 3. The Bertz CT molecular complexity index is 807. The molecule has 0 bridgehead atoms. The van der Waals surface area contributed by atoms with Crippen molar-refractivity contribution in [3.05, 3.63) is 63.9 Å². The first-order valence-corrected chi connectivity index (χ1v) is 8.24. The van der Waals surface area contributed by atoms with E-state index in [1.54, 1.807) is 6.07 Å². The maximum atomic E-state index is 13.0. The summed E-state index contributed by atoms with van der Waals surface area (Å²) >= 11 is 5.96. The zero-order chi connectivity index (χ0) is 18.2. The Morgan fingerprint density at radius 1 is 1.28 bits per heavy atom. The number of aromatic nitrogens is 1. The van der Waals surface area contributed by atoms with Crippen LogP contribution in [0.1, 0.15) is 45.9 Å². The largest absolute Gasteiger partial charge is 0.434 e. The lowest BCUT2D eigenvalue weighted by molar-refractivity contribution is -0.141. The van der Waals surface area contributed by atoms with Gasteiger partial charge in [0.25, 0.3) is 5.91 Å². The summed E-state index contributed by atoms with van der Waals surface area (Å²) in [6.45, 7) is 1.93. The number of amides is 1. The van der Waals surface area contributed by atoms with Gasteiger partial charge >= 0.3 is 6.18 Å². The van der Waals surface area contributed by atoms with Crippen molar-refractivity contribution in [2.45, 2.75) is 37.9 Å². The van der Waals surface area contributed by atoms with Crippen molar-refractivity contribution in [2.75, 3.05) is 0 Å². The normalized spacial score (nSPS) is 20.0. The Hall–Kier alpha value is -2.08. The van der Waals surface area contributed by atoms with E-state index in [-0.39, 0.29) is 12.0 Å². The predicted molar refractivity (Wildman–Crippen MR) is 88.7 cm³/mol. The standard InChI is InChI=1S/C18H16ClF3N2O/c1-10-9-11(19)4-5-12(10)13-6-7-15(13)24-17(25)14-3-2-8-23-16(14)18(20,21)22/h2-5,8-9,13,15H,6-7H2,1H3,(H,24,25)/t13-,15-/m1/s1. The van der Waals surface area contributed by atoms with Gasteiger partial charge in [-0.05, 0) is 55.2 Å². The molecule has 0 unspecified atom stereocenters. The number of carbonyl (C=O) groups is 1. The van der Waals surface area contributed by atoms with Crippen LogP contribution in [0.2, 0.25) is 5.02 Å². The van der Waals surface area contributed by atoms with Gasteiger partial charge < -0.3 is 5.32 Å². The summed E-state index contributed by atoms with van der Waals surface area (Å²) in [4.78, 5) is 15.7. The third-order valence-corrected chi connectivity index (χ3v) is 4.78. The van der Waals surface area contributed by atoms with Gasteiger partial charge in [-0.3, -0.25) is 9.78 Å². The Labute approximate surface area is 148 Å². The number of carbonyl (C=O) groups excluding carboxylic acids is 1. The van der Waals surface area contributed by atoms with Crippen LogP contribution in [0.4, 0.5) is 13.2 Å². The van der Waals surface area contributed by atoms with E-state index in [4.69, 9.17) is 11.6 Å². The van der Waals surface area contributed by atoms with Crippen molar-refractivity contribution in [3.63, 3.8) is 0 Å². The molecule has 0 saturated heterocycles. The maximum Gasteiger partial charge on any atom is 0.434 e. The molecule has 1 aliphatic carbocycles. The third-order valence-electron chi connectivity index (χ3n) is 4.54. The van der Waals surface area contributed by atoms with Gasteiger partial charge in [-0.25, -0.2) is 0 Å². The number of aryl methyl sites for hydroxylation is 1. The maximum absolute atomic E-state index is 13.0. The van der Waals surface area contributed by atoms with Crippen LogP contribution in [0.25, 0.3) is 0 Å². The molecule has 1 amide bonds. The fourth-order valence-corrected chi connectivity index (χ4v) is 3.39. The van der Waals surface area contributed by atoms with Gasteiger partial charge in [0.05, 0.1) is 5.56 Å². The molecule has 1 fully saturated rings. The second-order valence-corrected chi connectivity index (χ2v) is 6.60. The van der Waals surface area contributed by atoms with Crippen LogP contribution < -0.4 is 5.32 Å². The van der Waals surface area contributed by atoms with E-state index >= 15 is 0 Å². The lowest BCUT2D eigenvalue weighted by Gasteiger charge is -2.38. The summed E-state index contributed by atoms with van der Waals surface area (Å²) in [6.07, 6.45) is -2.05. The molecular formula is C18H16ClF3N2O. The first kappa shape index (κ1) is 17.7. The molecule has 1 N–H and O–H groups in total. The summed E-state index contributed by atoms with van der Waals surface area (Å²) in [5.74, 6) is -0.672.